The predicted octanol–water partition coefficient (Wildman–Crippen LogP) is 0.634. The molecule has 0 bridgehead atoms. The molecule has 0 atom stereocenters. The van der Waals surface area contributed by atoms with E-state index >= 15 is 0 Å². The number of nitrogens with two attached hydrogens (primary N) is 1. The van der Waals surface area contributed by atoms with Gasteiger partial charge in [0.1, 0.15) is 4.99 Å². The molecule has 0 radical (unpaired) electrons. The normalized spacial score (nSPS) is 10.0. The summed E-state index contributed by atoms with van der Waals surface area (Å²) in [4.78, 5) is 15.9. The smallest absolute Gasteiger partial charge is 0.251 e. The molecule has 6 nitrogen and oxygen atoms in total. The summed E-state index contributed by atoms with van der Waals surface area (Å²) in [5.41, 5.74) is 6.63. The van der Waals surface area contributed by atoms with Crippen molar-refractivity contribution in [2.24, 2.45) is 5.73 Å². The van der Waals surface area contributed by atoms with Gasteiger partial charge in [-0.25, -0.2) is 0 Å². The molecule has 18 heavy (non-hydrogen) atoms. The lowest BCUT2D eigenvalue weighted by Crippen LogP contribution is -2.23. The van der Waals surface area contributed by atoms with Gasteiger partial charge < -0.3 is 15.6 Å². The molecule has 2 aromatic rings. The van der Waals surface area contributed by atoms with E-state index in [1.54, 1.807) is 24.3 Å². The average Bonchev–Trinajstić information content (AvgIpc) is 2.89. The highest BCUT2D eigenvalue weighted by Crippen LogP contribution is 2.05. The Hall–Kier alpha value is -2.28. The van der Waals surface area contributed by atoms with Gasteiger partial charge in [0.2, 0.25) is 6.39 Å². The summed E-state index contributed by atoms with van der Waals surface area (Å²) in [5.74, 6) is 0.159. The number of nitrogens with zero attached hydrogens (tertiary/aromatic N) is 2. The lowest BCUT2D eigenvalue weighted by molar-refractivity contribution is 0.0949. The van der Waals surface area contributed by atoms with Crippen LogP contribution >= 0.6 is 12.2 Å². The van der Waals surface area contributed by atoms with Crippen LogP contribution in [-0.2, 0) is 6.54 Å². The van der Waals surface area contributed by atoms with Crippen LogP contribution in [0.25, 0.3) is 0 Å². The molecule has 1 amide bonds. The number of carbonyl (C=O) groups excluding carboxylic acids is 1. The summed E-state index contributed by atoms with van der Waals surface area (Å²) in [5, 5.41) is 6.25. The zero-order chi connectivity index (χ0) is 13.0. The third-order valence-electron chi connectivity index (χ3n) is 2.22. The fourth-order valence-corrected chi connectivity index (χ4v) is 1.47. The molecule has 92 valence electrons. The minimum absolute atomic E-state index is 0.201. The minimum atomic E-state index is -0.252. The van der Waals surface area contributed by atoms with Gasteiger partial charge in [-0.2, -0.15) is 4.98 Å². The Balaban J connectivity index is 2.04. The van der Waals surface area contributed by atoms with E-state index in [2.05, 4.69) is 20.0 Å². The summed E-state index contributed by atoms with van der Waals surface area (Å²) in [7, 11) is 0. The first-order valence-electron chi connectivity index (χ1n) is 5.10. The van der Waals surface area contributed by atoms with E-state index in [1.165, 1.54) is 6.39 Å². The zero-order valence-corrected chi connectivity index (χ0v) is 10.1. The lowest BCUT2D eigenvalue weighted by atomic mass is 10.1. The standard InChI is InChI=1S/C11H10N4O2S/c12-10(18)7-2-1-3-8(4-7)11(16)13-5-9-14-6-17-15-9/h1-4,6H,5H2,(H2,12,18)(H,13,16). The summed E-state index contributed by atoms with van der Waals surface area (Å²) < 4.78 is 4.56. The average molecular weight is 262 g/mol. The van der Waals surface area contributed by atoms with Crippen LogP contribution in [0.1, 0.15) is 21.7 Å². The van der Waals surface area contributed by atoms with Crippen LogP contribution in [0.4, 0.5) is 0 Å². The molecule has 0 aliphatic heterocycles. The van der Waals surface area contributed by atoms with Crippen molar-refractivity contribution in [1.82, 2.24) is 15.5 Å². The molecule has 2 rings (SSSR count). The van der Waals surface area contributed by atoms with Gasteiger partial charge in [0.15, 0.2) is 5.82 Å². The molecule has 3 N–H and O–H groups in total. The first-order chi connectivity index (χ1) is 8.66. The van der Waals surface area contributed by atoms with Crippen LogP contribution in [0, 0.1) is 0 Å². The maximum absolute atomic E-state index is 11.8. The van der Waals surface area contributed by atoms with Gasteiger partial charge in [-0.1, -0.05) is 29.5 Å². The van der Waals surface area contributed by atoms with Crippen molar-refractivity contribution in [2.45, 2.75) is 6.54 Å². The van der Waals surface area contributed by atoms with Crippen LogP contribution in [-0.4, -0.2) is 21.0 Å². The highest BCUT2D eigenvalue weighted by Gasteiger charge is 2.08. The highest BCUT2D eigenvalue weighted by molar-refractivity contribution is 7.80. The quantitative estimate of drug-likeness (QED) is 0.785. The number of rotatable bonds is 4. The fourth-order valence-electron chi connectivity index (χ4n) is 1.35. The van der Waals surface area contributed by atoms with Crippen molar-refractivity contribution in [2.75, 3.05) is 0 Å². The molecule has 0 spiro atoms. The van der Waals surface area contributed by atoms with Crippen molar-refractivity contribution in [3.63, 3.8) is 0 Å². The second-order valence-corrected chi connectivity index (χ2v) is 3.91. The van der Waals surface area contributed by atoms with Crippen molar-refractivity contribution in [3.05, 3.63) is 47.6 Å². The van der Waals surface area contributed by atoms with E-state index in [0.717, 1.165) is 0 Å². The van der Waals surface area contributed by atoms with Crippen molar-refractivity contribution >= 4 is 23.1 Å². The van der Waals surface area contributed by atoms with Gasteiger partial charge >= 0.3 is 0 Å². The number of hydrogen-bond acceptors (Lipinski definition) is 5. The van der Waals surface area contributed by atoms with E-state index in [-0.39, 0.29) is 17.4 Å². The Morgan fingerprint density at radius 1 is 1.44 bits per heavy atom. The van der Waals surface area contributed by atoms with Crippen LogP contribution in [0.15, 0.2) is 35.2 Å². The Labute approximate surface area is 108 Å². The largest absolute Gasteiger partial charge is 0.389 e. The molecule has 0 saturated heterocycles. The molecule has 0 aliphatic carbocycles. The molecule has 0 fully saturated rings. The van der Waals surface area contributed by atoms with Crippen molar-refractivity contribution < 1.29 is 9.32 Å². The first kappa shape index (κ1) is 12.2. The Morgan fingerprint density at radius 3 is 2.89 bits per heavy atom. The van der Waals surface area contributed by atoms with E-state index in [1.807, 2.05) is 0 Å². The zero-order valence-electron chi connectivity index (χ0n) is 9.29. The van der Waals surface area contributed by atoms with E-state index < -0.39 is 0 Å². The van der Waals surface area contributed by atoms with Crippen LogP contribution in [0.3, 0.4) is 0 Å². The maximum atomic E-state index is 11.8. The topological polar surface area (TPSA) is 94.0 Å². The number of carbonyl (C=O) groups is 1. The van der Waals surface area contributed by atoms with Crippen LogP contribution in [0.5, 0.6) is 0 Å². The van der Waals surface area contributed by atoms with E-state index in [0.29, 0.717) is 17.0 Å². The molecule has 1 aromatic heterocycles. The van der Waals surface area contributed by atoms with Crippen LogP contribution in [0.2, 0.25) is 0 Å². The number of thiocarbonyl (C=S) groups is 1. The molecule has 0 unspecified atom stereocenters. The second kappa shape index (κ2) is 5.37. The number of aromatic nitrogens is 2. The summed E-state index contributed by atoms with van der Waals surface area (Å²) >= 11 is 4.85. The molecule has 0 aliphatic rings. The maximum Gasteiger partial charge on any atom is 0.251 e. The number of nitrogens with one attached hydrogen (secondary N) is 1. The molecule has 1 heterocycles. The fraction of sp³-hybridized carbons (Fsp3) is 0.0909. The van der Waals surface area contributed by atoms with Gasteiger partial charge in [0, 0.05) is 11.1 Å². The molecular formula is C11H10N4O2S. The van der Waals surface area contributed by atoms with Gasteiger partial charge in [0.25, 0.3) is 5.91 Å². The van der Waals surface area contributed by atoms with E-state index in [9.17, 15) is 4.79 Å². The molecule has 0 saturated carbocycles. The first-order valence-corrected chi connectivity index (χ1v) is 5.51. The van der Waals surface area contributed by atoms with Crippen molar-refractivity contribution in [3.8, 4) is 0 Å². The molecule has 1 aromatic carbocycles. The van der Waals surface area contributed by atoms with Gasteiger partial charge in [0.05, 0.1) is 6.54 Å². The third-order valence-corrected chi connectivity index (χ3v) is 2.46. The third kappa shape index (κ3) is 2.89. The van der Waals surface area contributed by atoms with Crippen molar-refractivity contribution in [1.29, 1.82) is 0 Å². The summed E-state index contributed by atoms with van der Waals surface area (Å²) in [6.07, 6.45) is 1.20. The summed E-state index contributed by atoms with van der Waals surface area (Å²) in [6.45, 7) is 0.201. The monoisotopic (exact) mass is 262 g/mol. The minimum Gasteiger partial charge on any atom is -0.389 e. The second-order valence-electron chi connectivity index (χ2n) is 3.48. The number of hydrogen-bond donors (Lipinski definition) is 2. The van der Waals surface area contributed by atoms with E-state index in [4.69, 9.17) is 18.0 Å². The Morgan fingerprint density at radius 2 is 2.22 bits per heavy atom. The number of benzene rings is 1. The molecular weight excluding hydrogens is 252 g/mol. The predicted molar refractivity (Wildman–Crippen MR) is 67.8 cm³/mol. The van der Waals surface area contributed by atoms with Gasteiger partial charge in [-0.3, -0.25) is 4.79 Å². The molecule has 7 heteroatoms. The lowest BCUT2D eigenvalue weighted by Gasteiger charge is -2.04. The highest BCUT2D eigenvalue weighted by atomic mass is 32.1. The SMILES string of the molecule is NC(=S)c1cccc(C(=O)NCc2ncon2)c1. The number of amides is 1. The Kier molecular flexibility index (Phi) is 3.63. The summed E-state index contributed by atoms with van der Waals surface area (Å²) in [6, 6.07) is 6.78. The van der Waals surface area contributed by atoms with Gasteiger partial charge in [-0.15, -0.1) is 0 Å². The van der Waals surface area contributed by atoms with Gasteiger partial charge in [-0.05, 0) is 12.1 Å². The Bertz CT molecular complexity index is 568. The van der Waals surface area contributed by atoms with Crippen LogP contribution < -0.4 is 11.1 Å².